The molecule has 1 fully saturated rings. The Bertz CT molecular complexity index is 416. The van der Waals surface area contributed by atoms with Crippen LogP contribution in [0.5, 0.6) is 0 Å². The first-order chi connectivity index (χ1) is 8.59. The number of hydrogen-bond donors (Lipinski definition) is 2. The normalized spacial score (nSPS) is 26.0. The van der Waals surface area contributed by atoms with E-state index in [-0.39, 0.29) is 5.82 Å². The van der Waals surface area contributed by atoms with Gasteiger partial charge < -0.3 is 15.6 Å². The predicted molar refractivity (Wildman–Crippen MR) is 67.6 cm³/mol. The fourth-order valence-corrected chi connectivity index (χ4v) is 2.49. The molecule has 1 heterocycles. The molecule has 3 N–H and O–H groups in total. The van der Waals surface area contributed by atoms with Crippen molar-refractivity contribution >= 4 is 0 Å². The third kappa shape index (κ3) is 2.41. The highest BCUT2D eigenvalue weighted by Gasteiger charge is 2.39. The molecule has 1 aliphatic rings. The minimum atomic E-state index is -0.780. The fourth-order valence-electron chi connectivity index (χ4n) is 2.49. The van der Waals surface area contributed by atoms with Crippen molar-refractivity contribution in [1.29, 1.82) is 0 Å². The van der Waals surface area contributed by atoms with E-state index in [9.17, 15) is 9.50 Å². The largest absolute Gasteiger partial charge is 0.388 e. The van der Waals surface area contributed by atoms with Crippen LogP contribution >= 0.6 is 0 Å². The van der Waals surface area contributed by atoms with Gasteiger partial charge in [-0.3, -0.25) is 0 Å². The van der Waals surface area contributed by atoms with E-state index in [4.69, 9.17) is 10.5 Å². The Hall–Kier alpha value is -0.970. The quantitative estimate of drug-likeness (QED) is 0.865. The molecular weight excluding hydrogens is 233 g/mol. The molecule has 4 heteroatoms. The molecule has 1 aromatic carbocycles. The van der Waals surface area contributed by atoms with E-state index in [2.05, 4.69) is 0 Å². The fraction of sp³-hybridized carbons (Fsp3) is 0.571. The standard InChI is InChI=1S/C14H20FNO2/c1-10-3-4-11(7-12(10)15)13(17)14(8-16)5-2-6-18-9-14/h3-4,7,13,17H,2,5-6,8-9,16H2,1H3. The van der Waals surface area contributed by atoms with Crippen LogP contribution in [0.1, 0.15) is 30.1 Å². The molecule has 1 saturated heterocycles. The molecule has 2 unspecified atom stereocenters. The molecule has 0 amide bonds. The van der Waals surface area contributed by atoms with Crippen molar-refractivity contribution in [2.24, 2.45) is 11.1 Å². The average molecular weight is 253 g/mol. The zero-order chi connectivity index (χ0) is 13.2. The lowest BCUT2D eigenvalue weighted by molar-refractivity contribution is -0.0782. The zero-order valence-corrected chi connectivity index (χ0v) is 10.7. The molecule has 2 rings (SSSR count). The second-order valence-electron chi connectivity index (χ2n) is 5.13. The number of nitrogens with two attached hydrogens (primary N) is 1. The first kappa shape index (κ1) is 13.5. The number of aliphatic hydroxyl groups is 1. The maximum atomic E-state index is 13.6. The van der Waals surface area contributed by atoms with Gasteiger partial charge in [0.25, 0.3) is 0 Å². The Morgan fingerprint density at radius 2 is 2.33 bits per heavy atom. The van der Waals surface area contributed by atoms with Crippen LogP contribution in [0.2, 0.25) is 0 Å². The summed E-state index contributed by atoms with van der Waals surface area (Å²) >= 11 is 0. The van der Waals surface area contributed by atoms with Crippen LogP contribution in [-0.2, 0) is 4.74 Å². The predicted octanol–water partition coefficient (Wildman–Crippen LogP) is 1.92. The number of halogens is 1. The van der Waals surface area contributed by atoms with Crippen molar-refractivity contribution in [2.45, 2.75) is 25.9 Å². The van der Waals surface area contributed by atoms with Crippen molar-refractivity contribution < 1.29 is 14.2 Å². The molecule has 0 radical (unpaired) electrons. The number of aliphatic hydroxyl groups excluding tert-OH is 1. The van der Waals surface area contributed by atoms with E-state index in [1.165, 1.54) is 6.07 Å². The smallest absolute Gasteiger partial charge is 0.126 e. The highest BCUT2D eigenvalue weighted by molar-refractivity contribution is 5.26. The minimum Gasteiger partial charge on any atom is -0.388 e. The van der Waals surface area contributed by atoms with Crippen LogP contribution in [0.15, 0.2) is 18.2 Å². The first-order valence-electron chi connectivity index (χ1n) is 6.31. The van der Waals surface area contributed by atoms with Gasteiger partial charge in [-0.25, -0.2) is 4.39 Å². The highest BCUT2D eigenvalue weighted by Crippen LogP contribution is 2.40. The van der Waals surface area contributed by atoms with Gasteiger partial charge in [-0.2, -0.15) is 0 Å². The van der Waals surface area contributed by atoms with Crippen LogP contribution in [0.25, 0.3) is 0 Å². The summed E-state index contributed by atoms with van der Waals surface area (Å²) < 4.78 is 19.0. The summed E-state index contributed by atoms with van der Waals surface area (Å²) in [6.45, 7) is 3.18. The second kappa shape index (κ2) is 5.34. The van der Waals surface area contributed by atoms with E-state index in [1.54, 1.807) is 19.1 Å². The number of hydrogen-bond acceptors (Lipinski definition) is 3. The van der Waals surface area contributed by atoms with E-state index >= 15 is 0 Å². The van der Waals surface area contributed by atoms with Gasteiger partial charge in [0.1, 0.15) is 5.82 Å². The van der Waals surface area contributed by atoms with Crippen LogP contribution in [0.4, 0.5) is 4.39 Å². The number of ether oxygens (including phenoxy) is 1. The summed E-state index contributed by atoms with van der Waals surface area (Å²) in [7, 11) is 0. The van der Waals surface area contributed by atoms with E-state index in [1.807, 2.05) is 0 Å². The third-order valence-corrected chi connectivity index (χ3v) is 3.85. The van der Waals surface area contributed by atoms with Gasteiger partial charge in [-0.05, 0) is 37.0 Å². The monoisotopic (exact) mass is 253 g/mol. The van der Waals surface area contributed by atoms with E-state index < -0.39 is 11.5 Å². The number of rotatable bonds is 3. The van der Waals surface area contributed by atoms with Gasteiger partial charge in [0.2, 0.25) is 0 Å². The molecule has 0 bridgehead atoms. The molecule has 0 saturated carbocycles. The summed E-state index contributed by atoms with van der Waals surface area (Å²) in [5.74, 6) is -0.296. The molecular formula is C14H20FNO2. The lowest BCUT2D eigenvalue weighted by Gasteiger charge is -2.40. The van der Waals surface area contributed by atoms with Crippen LogP contribution < -0.4 is 5.73 Å². The molecule has 1 aliphatic heterocycles. The van der Waals surface area contributed by atoms with Gasteiger partial charge in [0.15, 0.2) is 0 Å². The van der Waals surface area contributed by atoms with Crippen molar-refractivity contribution in [3.63, 3.8) is 0 Å². The Morgan fingerprint density at radius 3 is 2.89 bits per heavy atom. The van der Waals surface area contributed by atoms with Gasteiger partial charge in [-0.1, -0.05) is 12.1 Å². The van der Waals surface area contributed by atoms with Crippen LogP contribution in [0, 0.1) is 18.2 Å². The van der Waals surface area contributed by atoms with Gasteiger partial charge in [0.05, 0.1) is 12.7 Å². The number of aryl methyl sites for hydroxylation is 1. The Morgan fingerprint density at radius 1 is 1.56 bits per heavy atom. The van der Waals surface area contributed by atoms with Crippen molar-refractivity contribution in [2.75, 3.05) is 19.8 Å². The summed E-state index contributed by atoms with van der Waals surface area (Å²) in [5, 5.41) is 10.5. The molecule has 0 spiro atoms. The van der Waals surface area contributed by atoms with Gasteiger partial charge in [-0.15, -0.1) is 0 Å². The van der Waals surface area contributed by atoms with E-state index in [0.29, 0.717) is 30.9 Å². The third-order valence-electron chi connectivity index (χ3n) is 3.85. The molecule has 100 valence electrons. The van der Waals surface area contributed by atoms with Crippen molar-refractivity contribution in [3.05, 3.63) is 35.1 Å². The summed E-state index contributed by atoms with van der Waals surface area (Å²) in [6.07, 6.45) is 0.904. The summed E-state index contributed by atoms with van der Waals surface area (Å²) in [6, 6.07) is 4.84. The average Bonchev–Trinajstić information content (AvgIpc) is 2.42. The molecule has 1 aromatic rings. The zero-order valence-electron chi connectivity index (χ0n) is 10.7. The maximum absolute atomic E-state index is 13.6. The second-order valence-corrected chi connectivity index (χ2v) is 5.13. The van der Waals surface area contributed by atoms with Crippen molar-refractivity contribution in [3.8, 4) is 0 Å². The SMILES string of the molecule is Cc1ccc(C(O)C2(CN)CCCOC2)cc1F. The van der Waals surface area contributed by atoms with Crippen LogP contribution in [-0.4, -0.2) is 24.9 Å². The molecule has 0 aliphatic carbocycles. The first-order valence-corrected chi connectivity index (χ1v) is 6.31. The molecule has 2 atom stereocenters. The maximum Gasteiger partial charge on any atom is 0.126 e. The molecule has 0 aromatic heterocycles. The Balaban J connectivity index is 2.27. The molecule has 3 nitrogen and oxygen atoms in total. The Kier molecular flexibility index (Phi) is 4.00. The highest BCUT2D eigenvalue weighted by atomic mass is 19.1. The lowest BCUT2D eigenvalue weighted by atomic mass is 9.75. The van der Waals surface area contributed by atoms with Gasteiger partial charge >= 0.3 is 0 Å². The van der Waals surface area contributed by atoms with Gasteiger partial charge in [0, 0.05) is 18.6 Å². The summed E-state index contributed by atoms with van der Waals surface area (Å²) in [4.78, 5) is 0. The van der Waals surface area contributed by atoms with Crippen LogP contribution in [0.3, 0.4) is 0 Å². The van der Waals surface area contributed by atoms with Crippen molar-refractivity contribution in [1.82, 2.24) is 0 Å². The lowest BCUT2D eigenvalue weighted by Crippen LogP contribution is -2.43. The minimum absolute atomic E-state index is 0.296. The summed E-state index contributed by atoms with van der Waals surface area (Å²) in [5.41, 5.74) is 6.48. The number of benzene rings is 1. The topological polar surface area (TPSA) is 55.5 Å². The Labute approximate surface area is 107 Å². The van der Waals surface area contributed by atoms with E-state index in [0.717, 1.165) is 12.8 Å². The molecule has 18 heavy (non-hydrogen) atoms.